The van der Waals surface area contributed by atoms with E-state index in [0.29, 0.717) is 0 Å². The van der Waals surface area contributed by atoms with Gasteiger partial charge in [0.25, 0.3) is 0 Å². The van der Waals surface area contributed by atoms with Crippen LogP contribution in [0.2, 0.25) is 0 Å². The zero-order valence-electron chi connectivity index (χ0n) is 11.4. The molecular weight excluding hydrogens is 198 g/mol. The Bertz CT molecular complexity index is 477. The molecule has 2 nitrogen and oxygen atoms in total. The number of ether oxygens (including phenoxy) is 1. The van der Waals surface area contributed by atoms with Crippen LogP contribution in [0.1, 0.15) is 41.5 Å². The van der Waals surface area contributed by atoms with Gasteiger partial charge in [-0.3, -0.25) is 0 Å². The maximum Gasteiger partial charge on any atom is 0.191 e. The van der Waals surface area contributed by atoms with Gasteiger partial charge in [0.05, 0.1) is 18.1 Å². The standard InChI is InChI=1S/C14H21NO/c1-8-9(2)13(5)14(6)11(8,3)12(14,4)10(15-13)16-7/h1-7H3/t11-,12-,13-,14+/m1/s1. The molecule has 0 amide bonds. The van der Waals surface area contributed by atoms with Crippen molar-refractivity contribution in [3.63, 3.8) is 0 Å². The number of methoxy groups -OCH3 is 1. The van der Waals surface area contributed by atoms with Gasteiger partial charge in [-0.15, -0.1) is 0 Å². The molecule has 0 saturated heterocycles. The topological polar surface area (TPSA) is 21.6 Å². The molecule has 3 aliphatic rings. The van der Waals surface area contributed by atoms with Crippen LogP contribution in [0.25, 0.3) is 0 Å². The largest absolute Gasteiger partial charge is 0.484 e. The van der Waals surface area contributed by atoms with Gasteiger partial charge in [-0.05, 0) is 33.3 Å². The van der Waals surface area contributed by atoms with Crippen molar-refractivity contribution in [3.05, 3.63) is 11.1 Å². The molecule has 16 heavy (non-hydrogen) atoms. The Kier molecular flexibility index (Phi) is 1.37. The Morgan fingerprint density at radius 2 is 1.50 bits per heavy atom. The molecule has 0 aromatic rings. The third-order valence-corrected chi connectivity index (χ3v) is 6.90. The average molecular weight is 219 g/mol. The van der Waals surface area contributed by atoms with Crippen molar-refractivity contribution in [1.82, 2.24) is 0 Å². The van der Waals surface area contributed by atoms with Gasteiger partial charge in [0.2, 0.25) is 0 Å². The fraction of sp³-hybridized carbons (Fsp3) is 0.786. The second-order valence-corrected chi connectivity index (χ2v) is 6.32. The molecule has 2 heteroatoms. The molecule has 88 valence electrons. The highest BCUT2D eigenvalue weighted by Gasteiger charge is 2.94. The van der Waals surface area contributed by atoms with Gasteiger partial charge < -0.3 is 4.74 Å². The minimum absolute atomic E-state index is 0.0497. The number of fused-ring (bicyclic) bond motifs is 1. The van der Waals surface area contributed by atoms with E-state index in [1.807, 2.05) is 0 Å². The van der Waals surface area contributed by atoms with Crippen molar-refractivity contribution in [2.24, 2.45) is 21.2 Å². The summed E-state index contributed by atoms with van der Waals surface area (Å²) < 4.78 is 5.56. The number of hydrogen-bond donors (Lipinski definition) is 0. The summed E-state index contributed by atoms with van der Waals surface area (Å²) in [6, 6.07) is 0. The molecular formula is C14H21NO. The minimum atomic E-state index is -0.0497. The van der Waals surface area contributed by atoms with Gasteiger partial charge >= 0.3 is 0 Å². The van der Waals surface area contributed by atoms with Gasteiger partial charge in [-0.1, -0.05) is 19.4 Å². The van der Waals surface area contributed by atoms with Crippen LogP contribution in [0.15, 0.2) is 16.1 Å². The van der Waals surface area contributed by atoms with Gasteiger partial charge in [0.1, 0.15) is 0 Å². The fourth-order valence-electron chi connectivity index (χ4n) is 5.15. The first-order chi connectivity index (χ1) is 7.23. The van der Waals surface area contributed by atoms with Crippen LogP contribution in [-0.4, -0.2) is 18.5 Å². The van der Waals surface area contributed by atoms with E-state index in [-0.39, 0.29) is 21.8 Å². The summed E-state index contributed by atoms with van der Waals surface area (Å²) in [5.41, 5.74) is 3.48. The molecule has 0 aromatic carbocycles. The van der Waals surface area contributed by atoms with E-state index in [1.165, 1.54) is 11.1 Å². The van der Waals surface area contributed by atoms with E-state index >= 15 is 0 Å². The van der Waals surface area contributed by atoms with Crippen LogP contribution in [0.5, 0.6) is 0 Å². The summed E-state index contributed by atoms with van der Waals surface area (Å²) in [6.07, 6.45) is 0. The van der Waals surface area contributed by atoms with Crippen LogP contribution in [-0.2, 0) is 4.74 Å². The fourth-order valence-corrected chi connectivity index (χ4v) is 5.15. The van der Waals surface area contributed by atoms with Crippen molar-refractivity contribution in [3.8, 4) is 0 Å². The summed E-state index contributed by atoms with van der Waals surface area (Å²) in [5.74, 6) is 0.955. The Hall–Kier alpha value is -0.790. The molecule has 1 aliphatic heterocycles. The van der Waals surface area contributed by atoms with Crippen molar-refractivity contribution in [2.45, 2.75) is 47.1 Å². The lowest BCUT2D eigenvalue weighted by Gasteiger charge is -2.28. The molecule has 0 bridgehead atoms. The van der Waals surface area contributed by atoms with Gasteiger partial charge in [-0.25, -0.2) is 4.99 Å². The first-order valence-electron chi connectivity index (χ1n) is 6.06. The molecule has 3 rings (SSSR count). The lowest BCUT2D eigenvalue weighted by atomic mass is 9.78. The molecule has 0 spiro atoms. The molecule has 1 fully saturated rings. The van der Waals surface area contributed by atoms with Gasteiger partial charge in [0.15, 0.2) is 5.90 Å². The van der Waals surface area contributed by atoms with Crippen molar-refractivity contribution in [1.29, 1.82) is 0 Å². The number of nitrogens with zero attached hydrogens (tertiary/aromatic N) is 1. The summed E-state index contributed by atoms with van der Waals surface area (Å²) in [5, 5.41) is 0. The summed E-state index contributed by atoms with van der Waals surface area (Å²) in [6.45, 7) is 13.9. The van der Waals surface area contributed by atoms with Crippen LogP contribution < -0.4 is 0 Å². The molecule has 0 aromatic heterocycles. The molecule has 2 aliphatic carbocycles. The van der Waals surface area contributed by atoms with E-state index in [1.54, 1.807) is 7.11 Å². The van der Waals surface area contributed by atoms with Gasteiger partial charge in [-0.2, -0.15) is 0 Å². The Morgan fingerprint density at radius 3 is 1.88 bits per heavy atom. The predicted molar refractivity (Wildman–Crippen MR) is 65.5 cm³/mol. The average Bonchev–Trinajstić information content (AvgIpc) is 2.53. The second kappa shape index (κ2) is 2.12. The summed E-state index contributed by atoms with van der Waals surface area (Å²) in [7, 11) is 1.75. The van der Waals surface area contributed by atoms with Crippen LogP contribution in [0.3, 0.4) is 0 Å². The normalized spacial score (nSPS) is 57.6. The number of aliphatic imine (C=N–C) groups is 1. The van der Waals surface area contributed by atoms with E-state index in [4.69, 9.17) is 9.73 Å². The SMILES string of the molecule is COC1=N[C@]2(C)C(C)=C(C)[C@]3(C)[C@]1(C)[C@]32C. The van der Waals surface area contributed by atoms with Crippen LogP contribution in [0, 0.1) is 16.2 Å². The third kappa shape index (κ3) is 0.509. The molecule has 0 unspecified atom stereocenters. The monoisotopic (exact) mass is 219 g/mol. The maximum atomic E-state index is 5.56. The zero-order valence-corrected chi connectivity index (χ0v) is 11.4. The van der Waals surface area contributed by atoms with Crippen molar-refractivity contribution < 1.29 is 4.74 Å². The molecule has 4 atom stereocenters. The highest BCUT2D eigenvalue weighted by Crippen LogP contribution is 2.92. The lowest BCUT2D eigenvalue weighted by molar-refractivity contribution is 0.317. The van der Waals surface area contributed by atoms with E-state index in [0.717, 1.165) is 5.90 Å². The molecule has 0 radical (unpaired) electrons. The van der Waals surface area contributed by atoms with E-state index in [2.05, 4.69) is 41.5 Å². The van der Waals surface area contributed by atoms with Gasteiger partial charge in [0, 0.05) is 10.8 Å². The highest BCUT2D eigenvalue weighted by molar-refractivity contribution is 5.96. The molecule has 1 saturated carbocycles. The van der Waals surface area contributed by atoms with Crippen LogP contribution >= 0.6 is 0 Å². The smallest absolute Gasteiger partial charge is 0.191 e. The van der Waals surface area contributed by atoms with Crippen LogP contribution in [0.4, 0.5) is 0 Å². The van der Waals surface area contributed by atoms with Crippen molar-refractivity contribution in [2.75, 3.05) is 7.11 Å². The highest BCUT2D eigenvalue weighted by atomic mass is 16.5. The Morgan fingerprint density at radius 1 is 0.938 bits per heavy atom. The van der Waals surface area contributed by atoms with Crippen molar-refractivity contribution >= 4 is 5.90 Å². The van der Waals surface area contributed by atoms with E-state index in [9.17, 15) is 0 Å². The number of rotatable bonds is 0. The minimum Gasteiger partial charge on any atom is -0.484 e. The zero-order chi connectivity index (χ0) is 12.1. The number of allylic oxidation sites excluding steroid dienone is 1. The molecule has 0 N–H and O–H groups in total. The first-order valence-corrected chi connectivity index (χ1v) is 6.06. The quantitative estimate of drug-likeness (QED) is 0.573. The molecule has 1 heterocycles. The maximum absolute atomic E-state index is 5.56. The Labute approximate surface area is 97.8 Å². The van der Waals surface area contributed by atoms with E-state index < -0.39 is 0 Å². The summed E-state index contributed by atoms with van der Waals surface area (Å²) in [4.78, 5) is 4.89. The first kappa shape index (κ1) is 10.4. The Balaban J connectivity index is 2.34. The third-order valence-electron chi connectivity index (χ3n) is 6.90. The predicted octanol–water partition coefficient (Wildman–Crippen LogP) is 3.19. The summed E-state index contributed by atoms with van der Waals surface area (Å²) >= 11 is 0. The number of hydrogen-bond acceptors (Lipinski definition) is 2. The lowest BCUT2D eigenvalue weighted by Crippen LogP contribution is -2.32. The second-order valence-electron chi connectivity index (χ2n) is 6.32.